The van der Waals surface area contributed by atoms with E-state index in [0.717, 1.165) is 5.56 Å². The van der Waals surface area contributed by atoms with Crippen LogP contribution in [-0.4, -0.2) is 52.1 Å². The highest BCUT2D eigenvalue weighted by Crippen LogP contribution is 2.31. The summed E-state index contributed by atoms with van der Waals surface area (Å²) in [7, 11) is -3.18. The first-order valence-corrected chi connectivity index (χ1v) is 12.0. The van der Waals surface area contributed by atoms with Gasteiger partial charge in [0, 0.05) is 23.2 Å². The van der Waals surface area contributed by atoms with E-state index >= 15 is 0 Å². The number of phenols is 1. The van der Waals surface area contributed by atoms with Gasteiger partial charge in [-0.15, -0.1) is 0 Å². The Balaban J connectivity index is 1.65. The number of halogens is 1. The largest absolute Gasteiger partial charge is 0.507 e. The molecule has 2 heterocycles. The minimum atomic E-state index is -3.18. The predicted octanol–water partition coefficient (Wildman–Crippen LogP) is 3.57. The number of benzene rings is 2. The molecule has 162 valence electrons. The summed E-state index contributed by atoms with van der Waals surface area (Å²) < 4.78 is 24.1. The van der Waals surface area contributed by atoms with Crippen LogP contribution in [0.25, 0.3) is 11.3 Å². The fraction of sp³-hybridized carbons (Fsp3) is 0.273. The second kappa shape index (κ2) is 8.36. The topological polar surface area (TPSA) is 103 Å². The third-order valence-electron chi connectivity index (χ3n) is 5.50. The summed E-state index contributed by atoms with van der Waals surface area (Å²) in [6.45, 7) is 2.03. The van der Waals surface area contributed by atoms with Crippen LogP contribution in [0, 0.1) is 6.92 Å². The van der Waals surface area contributed by atoms with Crippen LogP contribution in [0.4, 0.5) is 0 Å². The lowest BCUT2D eigenvalue weighted by Crippen LogP contribution is -2.40. The van der Waals surface area contributed by atoms with Crippen molar-refractivity contribution < 1.29 is 18.3 Å². The number of sulfone groups is 1. The standard InChI is InChI=1S/C22H22ClN3O4S/c1-14-3-2-4-18(21(14)27)19-11-20(25-24-19)22(28)26(17-9-10-31(29,30)13-17)12-15-5-7-16(23)8-6-15/h2-8,11,17,27H,9-10,12-13H2,1H3,(H,24,25). The molecule has 2 N–H and O–H groups in total. The van der Waals surface area contributed by atoms with Crippen molar-refractivity contribution >= 4 is 27.3 Å². The van der Waals surface area contributed by atoms with Gasteiger partial charge in [-0.05, 0) is 48.7 Å². The Morgan fingerprint density at radius 1 is 1.26 bits per heavy atom. The minimum absolute atomic E-state index is 0.0630. The Morgan fingerprint density at radius 2 is 2.00 bits per heavy atom. The van der Waals surface area contributed by atoms with Crippen LogP contribution in [0.1, 0.15) is 28.0 Å². The minimum Gasteiger partial charge on any atom is -0.507 e. The molecule has 4 rings (SSSR count). The van der Waals surface area contributed by atoms with Gasteiger partial charge >= 0.3 is 0 Å². The molecule has 9 heteroatoms. The second-order valence-electron chi connectivity index (χ2n) is 7.75. The first-order valence-electron chi connectivity index (χ1n) is 9.84. The Morgan fingerprint density at radius 3 is 2.68 bits per heavy atom. The van der Waals surface area contributed by atoms with E-state index in [2.05, 4.69) is 10.2 Å². The van der Waals surface area contributed by atoms with E-state index in [9.17, 15) is 18.3 Å². The maximum atomic E-state index is 13.4. The second-order valence-corrected chi connectivity index (χ2v) is 10.4. The van der Waals surface area contributed by atoms with Crippen LogP contribution in [0.15, 0.2) is 48.5 Å². The summed E-state index contributed by atoms with van der Waals surface area (Å²) in [6.07, 6.45) is 0.390. The van der Waals surface area contributed by atoms with E-state index in [1.54, 1.807) is 48.2 Å². The fourth-order valence-electron chi connectivity index (χ4n) is 3.76. The number of carbonyl (C=O) groups excluding carboxylic acids is 1. The van der Waals surface area contributed by atoms with Crippen LogP contribution in [-0.2, 0) is 16.4 Å². The van der Waals surface area contributed by atoms with Gasteiger partial charge in [-0.1, -0.05) is 35.9 Å². The number of aromatic hydroxyl groups is 1. The van der Waals surface area contributed by atoms with Crippen LogP contribution in [0.3, 0.4) is 0 Å². The van der Waals surface area contributed by atoms with Crippen molar-refractivity contribution in [3.8, 4) is 17.0 Å². The third kappa shape index (κ3) is 4.60. The zero-order valence-electron chi connectivity index (χ0n) is 16.9. The number of hydrogen-bond donors (Lipinski definition) is 2. The predicted molar refractivity (Wildman–Crippen MR) is 119 cm³/mol. The lowest BCUT2D eigenvalue weighted by molar-refractivity contribution is 0.0675. The molecular weight excluding hydrogens is 438 g/mol. The molecule has 31 heavy (non-hydrogen) atoms. The number of H-pyrrole nitrogens is 1. The number of nitrogens with one attached hydrogen (secondary N) is 1. The molecule has 0 radical (unpaired) electrons. The molecule has 1 amide bonds. The molecule has 0 aliphatic carbocycles. The number of aromatic nitrogens is 2. The fourth-order valence-corrected chi connectivity index (χ4v) is 5.62. The average molecular weight is 460 g/mol. The molecule has 7 nitrogen and oxygen atoms in total. The summed E-state index contributed by atoms with van der Waals surface area (Å²) in [6, 6.07) is 13.6. The Labute approximate surface area is 185 Å². The van der Waals surface area contributed by atoms with Crippen LogP contribution < -0.4 is 0 Å². The number of rotatable bonds is 5. The molecular formula is C22H22ClN3O4S. The lowest BCUT2D eigenvalue weighted by Gasteiger charge is -2.28. The molecule has 1 aliphatic heterocycles. The quantitative estimate of drug-likeness (QED) is 0.607. The smallest absolute Gasteiger partial charge is 0.272 e. The van der Waals surface area contributed by atoms with Gasteiger partial charge in [0.05, 0.1) is 17.2 Å². The highest BCUT2D eigenvalue weighted by atomic mass is 35.5. The van der Waals surface area contributed by atoms with Gasteiger partial charge < -0.3 is 10.0 Å². The van der Waals surface area contributed by atoms with E-state index in [0.29, 0.717) is 28.3 Å². The zero-order chi connectivity index (χ0) is 22.2. The third-order valence-corrected chi connectivity index (χ3v) is 7.50. The highest BCUT2D eigenvalue weighted by molar-refractivity contribution is 7.91. The van der Waals surface area contributed by atoms with Gasteiger partial charge in [0.1, 0.15) is 11.4 Å². The molecule has 3 aromatic rings. The number of amides is 1. The molecule has 0 saturated carbocycles. The number of aryl methyl sites for hydroxylation is 1. The van der Waals surface area contributed by atoms with Gasteiger partial charge in [-0.25, -0.2) is 8.42 Å². The molecule has 1 aromatic heterocycles. The van der Waals surface area contributed by atoms with E-state index in [4.69, 9.17) is 11.6 Å². The van der Waals surface area contributed by atoms with E-state index in [1.165, 1.54) is 0 Å². The lowest BCUT2D eigenvalue weighted by atomic mass is 10.1. The monoisotopic (exact) mass is 459 g/mol. The molecule has 2 aromatic carbocycles. The SMILES string of the molecule is Cc1cccc(-c2cc(C(=O)N(Cc3ccc(Cl)cc3)C3CCS(=O)(=O)C3)[nH]n2)c1O. The highest BCUT2D eigenvalue weighted by Gasteiger charge is 2.35. The van der Waals surface area contributed by atoms with E-state index < -0.39 is 15.9 Å². The van der Waals surface area contributed by atoms with Gasteiger partial charge in [0.15, 0.2) is 9.84 Å². The first kappa shape index (κ1) is 21.4. The summed E-state index contributed by atoms with van der Waals surface area (Å²) >= 11 is 5.96. The first-order chi connectivity index (χ1) is 14.7. The molecule has 1 atom stereocenters. The Hall–Kier alpha value is -2.84. The van der Waals surface area contributed by atoms with Crippen molar-refractivity contribution in [1.82, 2.24) is 15.1 Å². The van der Waals surface area contributed by atoms with Gasteiger partial charge in [-0.2, -0.15) is 5.10 Å². The summed E-state index contributed by atoms with van der Waals surface area (Å²) in [5.41, 5.74) is 2.74. The maximum absolute atomic E-state index is 13.4. The average Bonchev–Trinajstić information content (AvgIpc) is 3.36. The summed E-state index contributed by atoms with van der Waals surface area (Å²) in [5, 5.41) is 17.9. The molecule has 1 fully saturated rings. The van der Waals surface area contributed by atoms with Crippen LogP contribution >= 0.6 is 11.6 Å². The normalized spacial score (nSPS) is 17.5. The van der Waals surface area contributed by atoms with Gasteiger partial charge in [-0.3, -0.25) is 9.89 Å². The van der Waals surface area contributed by atoms with Crippen molar-refractivity contribution in [2.45, 2.75) is 25.9 Å². The van der Waals surface area contributed by atoms with Crippen LogP contribution in [0.2, 0.25) is 5.02 Å². The maximum Gasteiger partial charge on any atom is 0.272 e. The van der Waals surface area contributed by atoms with Gasteiger partial charge in [0.2, 0.25) is 0 Å². The van der Waals surface area contributed by atoms with Crippen molar-refractivity contribution in [2.24, 2.45) is 0 Å². The molecule has 1 aliphatic rings. The number of para-hydroxylation sites is 1. The van der Waals surface area contributed by atoms with Crippen molar-refractivity contribution in [1.29, 1.82) is 0 Å². The number of nitrogens with zero attached hydrogens (tertiary/aromatic N) is 2. The molecule has 1 unspecified atom stereocenters. The molecule has 1 saturated heterocycles. The number of carbonyl (C=O) groups is 1. The van der Waals surface area contributed by atoms with E-state index in [1.807, 2.05) is 12.1 Å². The number of phenolic OH excluding ortho intramolecular Hbond substituents is 1. The van der Waals surface area contributed by atoms with Crippen LogP contribution in [0.5, 0.6) is 5.75 Å². The summed E-state index contributed by atoms with van der Waals surface area (Å²) in [4.78, 5) is 15.0. The zero-order valence-corrected chi connectivity index (χ0v) is 18.4. The number of aromatic amines is 1. The van der Waals surface area contributed by atoms with Crippen molar-refractivity contribution in [3.05, 3.63) is 70.4 Å². The van der Waals surface area contributed by atoms with E-state index in [-0.39, 0.29) is 35.4 Å². The summed E-state index contributed by atoms with van der Waals surface area (Å²) in [5.74, 6) is -0.241. The Bertz CT molecular complexity index is 1220. The Kier molecular flexibility index (Phi) is 5.77. The van der Waals surface area contributed by atoms with Crippen molar-refractivity contribution in [2.75, 3.05) is 11.5 Å². The van der Waals surface area contributed by atoms with Gasteiger partial charge in [0.25, 0.3) is 5.91 Å². The molecule has 0 bridgehead atoms. The molecule has 0 spiro atoms. The number of hydrogen-bond acceptors (Lipinski definition) is 5. The van der Waals surface area contributed by atoms with Crippen molar-refractivity contribution in [3.63, 3.8) is 0 Å².